The maximum absolute atomic E-state index is 12.3. The fraction of sp³-hybridized carbons (Fsp3) is 0.692. The summed E-state index contributed by atoms with van der Waals surface area (Å²) < 4.78 is 6.76. The van der Waals surface area contributed by atoms with Crippen molar-refractivity contribution in [3.63, 3.8) is 0 Å². The van der Waals surface area contributed by atoms with E-state index in [0.29, 0.717) is 18.8 Å². The lowest BCUT2D eigenvalue weighted by atomic mass is 10.3. The highest BCUT2D eigenvalue weighted by Crippen LogP contribution is 2.15. The summed E-state index contributed by atoms with van der Waals surface area (Å²) in [6.07, 6.45) is 0. The van der Waals surface area contributed by atoms with Crippen molar-refractivity contribution in [3.05, 3.63) is 11.4 Å². The summed E-state index contributed by atoms with van der Waals surface area (Å²) in [6, 6.07) is 0.0526. The average Bonchev–Trinajstić information content (AvgIpc) is 2.58. The van der Waals surface area contributed by atoms with Gasteiger partial charge < -0.3 is 15.4 Å². The van der Waals surface area contributed by atoms with E-state index in [0.717, 1.165) is 11.4 Å². The van der Waals surface area contributed by atoms with E-state index < -0.39 is 0 Å². The highest BCUT2D eigenvalue weighted by atomic mass is 16.5. The van der Waals surface area contributed by atoms with Gasteiger partial charge in [-0.25, -0.2) is 0 Å². The van der Waals surface area contributed by atoms with Crippen molar-refractivity contribution >= 4 is 11.6 Å². The van der Waals surface area contributed by atoms with Gasteiger partial charge in [-0.1, -0.05) is 0 Å². The molecule has 0 aliphatic heterocycles. The fourth-order valence-electron chi connectivity index (χ4n) is 2.15. The van der Waals surface area contributed by atoms with Crippen LogP contribution in [0.1, 0.15) is 25.2 Å². The van der Waals surface area contributed by atoms with Crippen LogP contribution in [-0.2, 0) is 16.1 Å². The van der Waals surface area contributed by atoms with E-state index in [9.17, 15) is 4.79 Å². The van der Waals surface area contributed by atoms with Crippen molar-refractivity contribution < 1.29 is 9.53 Å². The largest absolute Gasteiger partial charge is 0.396 e. The van der Waals surface area contributed by atoms with Crippen LogP contribution in [0.4, 0.5) is 5.69 Å². The van der Waals surface area contributed by atoms with E-state index in [-0.39, 0.29) is 18.5 Å². The molecule has 0 aromatic carbocycles. The second-order valence-electron chi connectivity index (χ2n) is 4.73. The first-order chi connectivity index (χ1) is 8.92. The van der Waals surface area contributed by atoms with Crippen molar-refractivity contribution in [1.29, 1.82) is 0 Å². The Kier molecular flexibility index (Phi) is 5.35. The summed E-state index contributed by atoms with van der Waals surface area (Å²) in [5, 5.41) is 4.28. The quantitative estimate of drug-likeness (QED) is 0.834. The number of carbonyl (C=O) groups excluding carboxylic acids is 1. The summed E-state index contributed by atoms with van der Waals surface area (Å²) in [7, 11) is 1.64. The number of hydrogen-bond acceptors (Lipinski definition) is 4. The van der Waals surface area contributed by atoms with Crippen molar-refractivity contribution in [2.75, 3.05) is 26.0 Å². The predicted molar refractivity (Wildman–Crippen MR) is 74.8 cm³/mol. The first kappa shape index (κ1) is 15.5. The first-order valence-corrected chi connectivity index (χ1v) is 6.50. The van der Waals surface area contributed by atoms with Crippen LogP contribution in [0.15, 0.2) is 0 Å². The molecule has 6 nitrogen and oxygen atoms in total. The van der Waals surface area contributed by atoms with E-state index in [4.69, 9.17) is 10.5 Å². The number of likely N-dealkylation sites (N-methyl/N-ethyl adjacent to an activating group) is 1. The van der Waals surface area contributed by atoms with E-state index in [2.05, 4.69) is 5.10 Å². The number of carbonyl (C=O) groups is 1. The Hall–Kier alpha value is -1.56. The number of nitrogens with two attached hydrogens (primary N) is 1. The highest BCUT2D eigenvalue weighted by molar-refractivity contribution is 5.76. The number of aromatic nitrogens is 2. The maximum atomic E-state index is 12.3. The molecule has 0 bridgehead atoms. The number of aryl methyl sites for hydroxylation is 1. The van der Waals surface area contributed by atoms with Gasteiger partial charge in [0.2, 0.25) is 5.91 Å². The molecule has 108 valence electrons. The fourth-order valence-corrected chi connectivity index (χ4v) is 2.15. The molecule has 1 heterocycles. The van der Waals surface area contributed by atoms with Gasteiger partial charge in [-0.2, -0.15) is 5.10 Å². The van der Waals surface area contributed by atoms with E-state index >= 15 is 0 Å². The summed E-state index contributed by atoms with van der Waals surface area (Å²) >= 11 is 0. The topological polar surface area (TPSA) is 73.4 Å². The van der Waals surface area contributed by atoms with Gasteiger partial charge in [0, 0.05) is 13.7 Å². The van der Waals surface area contributed by atoms with Gasteiger partial charge in [0.15, 0.2) is 0 Å². The minimum atomic E-state index is 0.0256. The standard InChI is InChI=1S/C13H24N4O2/c1-6-16(9(2)8-19-5)12(18)7-17-11(4)13(14)10(3)15-17/h9H,6-8,14H2,1-5H3. The zero-order valence-electron chi connectivity index (χ0n) is 12.4. The van der Waals surface area contributed by atoms with Crippen LogP contribution in [-0.4, -0.2) is 46.9 Å². The lowest BCUT2D eigenvalue weighted by Gasteiger charge is -2.27. The molecule has 0 saturated carbocycles. The van der Waals surface area contributed by atoms with Crippen LogP contribution >= 0.6 is 0 Å². The van der Waals surface area contributed by atoms with Crippen LogP contribution < -0.4 is 5.73 Å². The molecule has 0 spiro atoms. The van der Waals surface area contributed by atoms with Crippen LogP contribution in [0.25, 0.3) is 0 Å². The van der Waals surface area contributed by atoms with Gasteiger partial charge in [0.05, 0.1) is 29.7 Å². The van der Waals surface area contributed by atoms with Crippen molar-refractivity contribution in [3.8, 4) is 0 Å². The monoisotopic (exact) mass is 268 g/mol. The van der Waals surface area contributed by atoms with Crippen molar-refractivity contribution in [2.45, 2.75) is 40.3 Å². The molecule has 2 N–H and O–H groups in total. The van der Waals surface area contributed by atoms with Crippen LogP contribution in [0.2, 0.25) is 0 Å². The number of rotatable bonds is 6. The van der Waals surface area contributed by atoms with Gasteiger partial charge >= 0.3 is 0 Å². The molecule has 0 fully saturated rings. The number of ether oxygens (including phenoxy) is 1. The molecule has 1 unspecified atom stereocenters. The van der Waals surface area contributed by atoms with Gasteiger partial charge in [-0.3, -0.25) is 9.48 Å². The molecular formula is C13H24N4O2. The van der Waals surface area contributed by atoms with Crippen LogP contribution in [0.3, 0.4) is 0 Å². The molecule has 6 heteroatoms. The molecule has 19 heavy (non-hydrogen) atoms. The van der Waals surface area contributed by atoms with E-state index in [1.807, 2.05) is 27.7 Å². The molecule has 0 aliphatic rings. The van der Waals surface area contributed by atoms with Gasteiger partial charge in [-0.05, 0) is 27.7 Å². The Morgan fingerprint density at radius 3 is 2.58 bits per heavy atom. The molecule has 1 aromatic rings. The zero-order valence-corrected chi connectivity index (χ0v) is 12.4. The average molecular weight is 268 g/mol. The number of nitrogens with zero attached hydrogens (tertiary/aromatic N) is 3. The van der Waals surface area contributed by atoms with Crippen LogP contribution in [0.5, 0.6) is 0 Å². The number of methoxy groups -OCH3 is 1. The highest BCUT2D eigenvalue weighted by Gasteiger charge is 2.20. The minimum absolute atomic E-state index is 0.0256. The van der Waals surface area contributed by atoms with Crippen molar-refractivity contribution in [2.24, 2.45) is 0 Å². The summed E-state index contributed by atoms with van der Waals surface area (Å²) in [5.41, 5.74) is 8.12. The van der Waals surface area contributed by atoms with Gasteiger partial charge in [0.25, 0.3) is 0 Å². The third kappa shape index (κ3) is 3.47. The molecular weight excluding hydrogens is 244 g/mol. The molecule has 0 saturated heterocycles. The third-order valence-electron chi connectivity index (χ3n) is 3.32. The lowest BCUT2D eigenvalue weighted by Crippen LogP contribution is -2.42. The molecule has 0 aliphatic carbocycles. The third-order valence-corrected chi connectivity index (χ3v) is 3.32. The summed E-state index contributed by atoms with van der Waals surface area (Å²) in [6.45, 7) is 9.04. The Morgan fingerprint density at radius 1 is 1.53 bits per heavy atom. The van der Waals surface area contributed by atoms with Crippen molar-refractivity contribution in [1.82, 2.24) is 14.7 Å². The Balaban J connectivity index is 2.79. The molecule has 1 rings (SSSR count). The number of amides is 1. The second kappa shape index (κ2) is 6.56. The molecule has 1 aromatic heterocycles. The SMILES string of the molecule is CCN(C(=O)Cn1nc(C)c(N)c1C)C(C)COC. The van der Waals surface area contributed by atoms with E-state index in [1.165, 1.54) is 0 Å². The Labute approximate surface area is 114 Å². The van der Waals surface area contributed by atoms with E-state index in [1.54, 1.807) is 16.7 Å². The zero-order chi connectivity index (χ0) is 14.6. The molecule has 1 amide bonds. The number of anilines is 1. The first-order valence-electron chi connectivity index (χ1n) is 6.50. The summed E-state index contributed by atoms with van der Waals surface area (Å²) in [5.74, 6) is 0.0256. The molecule has 1 atom stereocenters. The number of nitrogen functional groups attached to an aromatic ring is 1. The Morgan fingerprint density at radius 2 is 2.16 bits per heavy atom. The second-order valence-corrected chi connectivity index (χ2v) is 4.73. The van der Waals surface area contributed by atoms with Gasteiger partial charge in [0.1, 0.15) is 6.54 Å². The smallest absolute Gasteiger partial charge is 0.244 e. The predicted octanol–water partition coefficient (Wildman–Crippen LogP) is 0.966. The lowest BCUT2D eigenvalue weighted by molar-refractivity contribution is -0.134. The summed E-state index contributed by atoms with van der Waals surface area (Å²) in [4.78, 5) is 14.1. The molecule has 0 radical (unpaired) electrons. The van der Waals surface area contributed by atoms with Gasteiger partial charge in [-0.15, -0.1) is 0 Å². The Bertz CT molecular complexity index is 442. The maximum Gasteiger partial charge on any atom is 0.244 e. The number of hydrogen-bond donors (Lipinski definition) is 1. The minimum Gasteiger partial charge on any atom is -0.396 e. The normalized spacial score (nSPS) is 12.5. The van der Waals surface area contributed by atoms with Crippen LogP contribution in [0, 0.1) is 13.8 Å².